The van der Waals surface area contributed by atoms with Gasteiger partial charge in [-0.3, -0.25) is 19.2 Å². The van der Waals surface area contributed by atoms with Crippen LogP contribution in [0.3, 0.4) is 0 Å². The summed E-state index contributed by atoms with van der Waals surface area (Å²) in [5, 5.41) is 2.57. The molecule has 13 nitrogen and oxygen atoms in total. The number of Topliss-reactive ketones (excluding diaryl/α,β-unsaturated/α-hetero) is 1. The fraction of sp³-hybridized carbons (Fsp3) is 0.467. The predicted molar refractivity (Wildman–Crippen MR) is 166 cm³/mol. The van der Waals surface area contributed by atoms with Crippen molar-refractivity contribution in [3.63, 3.8) is 0 Å². The zero-order chi connectivity index (χ0) is 32.9. The molecule has 0 aliphatic carbocycles. The third kappa shape index (κ3) is 9.54. The SMILES string of the molecule is CC(C)(C)OC(=O)NC[C@H]1CN(c2ccc(N3CCN(C(=O)CCC(=O)c4ccc(NS(C)(=O)=O)cc4)CC3)c(F)c2)C(=O)O1. The number of hydrogen-bond donors (Lipinski definition) is 2. The lowest BCUT2D eigenvalue weighted by molar-refractivity contribution is -0.131. The van der Waals surface area contributed by atoms with Gasteiger partial charge < -0.3 is 24.6 Å². The van der Waals surface area contributed by atoms with Crippen molar-refractivity contribution >= 4 is 51.0 Å². The number of rotatable bonds is 10. The first-order valence-electron chi connectivity index (χ1n) is 14.5. The number of amides is 3. The molecule has 2 aromatic rings. The Labute approximate surface area is 261 Å². The zero-order valence-corrected chi connectivity index (χ0v) is 26.5. The number of nitrogens with one attached hydrogen (secondary N) is 2. The molecule has 0 bridgehead atoms. The van der Waals surface area contributed by atoms with Crippen molar-refractivity contribution in [2.45, 2.75) is 45.3 Å². The fourth-order valence-electron chi connectivity index (χ4n) is 4.93. The Morgan fingerprint density at radius 2 is 1.69 bits per heavy atom. The molecule has 0 spiro atoms. The molecule has 2 saturated heterocycles. The number of piperazine rings is 1. The largest absolute Gasteiger partial charge is 0.444 e. The van der Waals surface area contributed by atoms with Crippen LogP contribution in [0.5, 0.6) is 0 Å². The molecule has 2 aromatic carbocycles. The minimum absolute atomic E-state index is 0.00481. The van der Waals surface area contributed by atoms with Gasteiger partial charge in [-0.2, -0.15) is 0 Å². The Hall–Kier alpha value is -4.40. The molecule has 2 heterocycles. The summed E-state index contributed by atoms with van der Waals surface area (Å²) in [6.45, 7) is 6.86. The van der Waals surface area contributed by atoms with Crippen molar-refractivity contribution in [3.05, 3.63) is 53.8 Å². The molecule has 0 unspecified atom stereocenters. The third-order valence-electron chi connectivity index (χ3n) is 7.04. The molecule has 2 fully saturated rings. The van der Waals surface area contributed by atoms with Gasteiger partial charge in [-0.15, -0.1) is 0 Å². The van der Waals surface area contributed by atoms with Gasteiger partial charge in [-0.1, -0.05) is 0 Å². The van der Waals surface area contributed by atoms with Crippen LogP contribution in [0.25, 0.3) is 0 Å². The van der Waals surface area contributed by atoms with Crippen LogP contribution in [-0.4, -0.2) is 94.4 Å². The van der Waals surface area contributed by atoms with Crippen molar-refractivity contribution in [2.24, 2.45) is 0 Å². The average Bonchev–Trinajstić information content (AvgIpc) is 3.33. The summed E-state index contributed by atoms with van der Waals surface area (Å²) >= 11 is 0. The van der Waals surface area contributed by atoms with Gasteiger partial charge in [0.2, 0.25) is 15.9 Å². The van der Waals surface area contributed by atoms with Gasteiger partial charge in [-0.25, -0.2) is 22.4 Å². The lowest BCUT2D eigenvalue weighted by Crippen LogP contribution is -2.49. The highest BCUT2D eigenvalue weighted by molar-refractivity contribution is 7.92. The van der Waals surface area contributed by atoms with Crippen LogP contribution in [0.15, 0.2) is 42.5 Å². The first-order chi connectivity index (χ1) is 21.1. The average molecular weight is 648 g/mol. The highest BCUT2D eigenvalue weighted by Gasteiger charge is 2.34. The van der Waals surface area contributed by atoms with Gasteiger partial charge in [-0.05, 0) is 63.2 Å². The van der Waals surface area contributed by atoms with Gasteiger partial charge in [0, 0.05) is 50.3 Å². The van der Waals surface area contributed by atoms with E-state index in [1.165, 1.54) is 35.2 Å². The molecule has 3 amide bonds. The van der Waals surface area contributed by atoms with Crippen LogP contribution in [0.2, 0.25) is 0 Å². The predicted octanol–water partition coefficient (Wildman–Crippen LogP) is 3.36. The molecule has 0 aromatic heterocycles. The Bertz CT molecular complexity index is 1540. The number of alkyl carbamates (subject to hydrolysis) is 1. The molecule has 4 rings (SSSR count). The molecule has 1 atom stereocenters. The maximum absolute atomic E-state index is 15.2. The Kier molecular flexibility index (Phi) is 10.2. The van der Waals surface area contributed by atoms with Gasteiger partial charge in [0.25, 0.3) is 0 Å². The van der Waals surface area contributed by atoms with Gasteiger partial charge in [0.1, 0.15) is 17.5 Å². The second-order valence-corrected chi connectivity index (χ2v) is 13.6. The molecular weight excluding hydrogens is 609 g/mol. The van der Waals surface area contributed by atoms with Crippen LogP contribution < -0.4 is 19.8 Å². The fourth-order valence-corrected chi connectivity index (χ4v) is 5.49. The lowest BCUT2D eigenvalue weighted by atomic mass is 10.1. The number of benzene rings is 2. The maximum atomic E-state index is 15.2. The normalized spacial score (nSPS) is 17.1. The van der Waals surface area contributed by atoms with E-state index in [2.05, 4.69) is 10.0 Å². The van der Waals surface area contributed by atoms with E-state index in [9.17, 15) is 27.6 Å². The number of nitrogens with zero attached hydrogens (tertiary/aromatic N) is 3. The van der Waals surface area contributed by atoms with E-state index < -0.39 is 39.7 Å². The smallest absolute Gasteiger partial charge is 0.414 e. The van der Waals surface area contributed by atoms with E-state index in [1.807, 2.05) is 4.90 Å². The Morgan fingerprint density at radius 1 is 1.02 bits per heavy atom. The highest BCUT2D eigenvalue weighted by atomic mass is 32.2. The number of cyclic esters (lactones) is 1. The monoisotopic (exact) mass is 647 g/mol. The van der Waals surface area contributed by atoms with Crippen molar-refractivity contribution in [2.75, 3.05) is 60.0 Å². The van der Waals surface area contributed by atoms with Crippen molar-refractivity contribution < 1.29 is 41.5 Å². The minimum Gasteiger partial charge on any atom is -0.444 e. The maximum Gasteiger partial charge on any atom is 0.414 e. The number of anilines is 3. The van der Waals surface area contributed by atoms with Crippen molar-refractivity contribution in [1.82, 2.24) is 10.2 Å². The lowest BCUT2D eigenvalue weighted by Gasteiger charge is -2.36. The van der Waals surface area contributed by atoms with E-state index in [4.69, 9.17) is 9.47 Å². The van der Waals surface area contributed by atoms with E-state index in [1.54, 1.807) is 37.8 Å². The number of sulfonamides is 1. The summed E-state index contributed by atoms with van der Waals surface area (Å²) in [5.74, 6) is -0.946. The van der Waals surface area contributed by atoms with Crippen LogP contribution in [0.1, 0.15) is 44.0 Å². The van der Waals surface area contributed by atoms with Crippen LogP contribution >= 0.6 is 0 Å². The molecular formula is C30H38FN5O8S. The summed E-state index contributed by atoms with van der Waals surface area (Å²) in [7, 11) is -3.43. The summed E-state index contributed by atoms with van der Waals surface area (Å²) in [5.41, 5.74) is 0.710. The van der Waals surface area contributed by atoms with E-state index in [0.29, 0.717) is 48.8 Å². The molecule has 2 aliphatic rings. The number of carbonyl (C=O) groups is 4. The van der Waals surface area contributed by atoms with Crippen LogP contribution in [0, 0.1) is 5.82 Å². The number of hydrogen-bond acceptors (Lipinski definition) is 9. The summed E-state index contributed by atoms with van der Waals surface area (Å²) in [6, 6.07) is 10.4. The number of halogens is 1. The van der Waals surface area contributed by atoms with E-state index in [0.717, 1.165) is 6.26 Å². The highest BCUT2D eigenvalue weighted by Crippen LogP contribution is 2.29. The standard InChI is InChI=1S/C30H38FN5O8S/c1-30(2,3)44-28(39)32-18-23-19-36(29(40)43-23)22-9-10-25(24(31)17-22)34-13-15-35(16-14-34)27(38)12-11-26(37)20-5-7-21(8-6-20)33-45(4,41)42/h5-10,17,23,33H,11-16,18-19H2,1-4H3,(H,32,39)/t23-/m0/s1. The zero-order valence-electron chi connectivity index (χ0n) is 25.7. The second-order valence-electron chi connectivity index (χ2n) is 11.9. The number of ether oxygens (including phenoxy) is 2. The van der Waals surface area contributed by atoms with E-state index in [-0.39, 0.29) is 37.6 Å². The molecule has 0 radical (unpaired) electrons. The summed E-state index contributed by atoms with van der Waals surface area (Å²) in [6.07, 6.45) is -0.847. The van der Waals surface area contributed by atoms with Crippen LogP contribution in [0.4, 0.5) is 31.0 Å². The van der Waals surface area contributed by atoms with Gasteiger partial charge in [0.05, 0.1) is 30.7 Å². The summed E-state index contributed by atoms with van der Waals surface area (Å²) < 4.78 is 50.7. The van der Waals surface area contributed by atoms with Gasteiger partial charge in [0.15, 0.2) is 5.78 Å². The molecule has 0 saturated carbocycles. The summed E-state index contributed by atoms with van der Waals surface area (Å²) in [4.78, 5) is 54.4. The molecule has 2 aliphatic heterocycles. The topological polar surface area (TPSA) is 155 Å². The van der Waals surface area contributed by atoms with E-state index >= 15 is 4.39 Å². The Balaban J connectivity index is 1.24. The number of carbonyl (C=O) groups excluding carboxylic acids is 4. The quantitative estimate of drug-likeness (QED) is 0.370. The Morgan fingerprint density at radius 3 is 2.29 bits per heavy atom. The van der Waals surface area contributed by atoms with Gasteiger partial charge >= 0.3 is 12.2 Å². The molecule has 15 heteroatoms. The second kappa shape index (κ2) is 13.7. The first-order valence-corrected chi connectivity index (χ1v) is 16.4. The van der Waals surface area contributed by atoms with Crippen LogP contribution in [-0.2, 0) is 24.3 Å². The van der Waals surface area contributed by atoms with Crippen molar-refractivity contribution in [1.29, 1.82) is 0 Å². The number of ketones is 1. The molecule has 45 heavy (non-hydrogen) atoms. The molecule has 2 N–H and O–H groups in total. The first kappa shape index (κ1) is 33.5. The molecule has 244 valence electrons. The third-order valence-corrected chi connectivity index (χ3v) is 7.65. The minimum atomic E-state index is -3.43. The van der Waals surface area contributed by atoms with Crippen molar-refractivity contribution in [3.8, 4) is 0 Å².